The first-order valence-corrected chi connectivity index (χ1v) is 7.93. The van der Waals surface area contributed by atoms with E-state index in [1.807, 2.05) is 18.0 Å². The van der Waals surface area contributed by atoms with Gasteiger partial charge >= 0.3 is 0 Å². The molecule has 0 radical (unpaired) electrons. The monoisotopic (exact) mass is 323 g/mol. The molecular weight excluding hydrogens is 309 g/mol. The molecule has 0 saturated carbocycles. The molecule has 1 aromatic carbocycles. The van der Waals surface area contributed by atoms with E-state index in [0.29, 0.717) is 17.6 Å². The van der Waals surface area contributed by atoms with Crippen LogP contribution in [0.25, 0.3) is 0 Å². The fraction of sp³-hybridized carbons (Fsp3) is 0.455. The first-order chi connectivity index (χ1) is 7.76. The van der Waals surface area contributed by atoms with Crippen LogP contribution in [0.5, 0.6) is 0 Å². The van der Waals surface area contributed by atoms with Gasteiger partial charge < -0.3 is 4.90 Å². The number of sulfone groups is 1. The van der Waals surface area contributed by atoms with Gasteiger partial charge in [-0.25, -0.2) is 12.8 Å². The molecule has 0 atom stereocenters. The van der Waals surface area contributed by atoms with Crippen LogP contribution in [0.4, 0.5) is 4.39 Å². The maximum Gasteiger partial charge on any atom is 0.148 e. The Hall–Kier alpha value is -0.460. The molecule has 0 aliphatic carbocycles. The van der Waals surface area contributed by atoms with Crippen LogP contribution in [0.3, 0.4) is 0 Å². The molecule has 0 aliphatic rings. The van der Waals surface area contributed by atoms with Gasteiger partial charge in [0.25, 0.3) is 0 Å². The molecule has 0 aliphatic heterocycles. The van der Waals surface area contributed by atoms with Gasteiger partial charge in [-0.2, -0.15) is 0 Å². The second kappa shape index (κ2) is 5.93. The Balaban J connectivity index is 2.59. The largest absolute Gasteiger partial charge is 0.301 e. The second-order valence-electron chi connectivity index (χ2n) is 4.15. The van der Waals surface area contributed by atoms with Crippen molar-refractivity contribution in [3.8, 4) is 0 Å². The van der Waals surface area contributed by atoms with Gasteiger partial charge in [0.15, 0.2) is 0 Å². The highest BCUT2D eigenvalue weighted by molar-refractivity contribution is 9.10. The summed E-state index contributed by atoms with van der Waals surface area (Å²) in [6.45, 7) is 0.957. The summed E-state index contributed by atoms with van der Waals surface area (Å²) in [5, 5.41) is 0. The predicted molar refractivity (Wildman–Crippen MR) is 70.1 cm³/mol. The van der Waals surface area contributed by atoms with Gasteiger partial charge in [0.1, 0.15) is 15.7 Å². The molecule has 0 heterocycles. The minimum Gasteiger partial charge on any atom is -0.301 e. The molecular formula is C11H15BrFNO2S. The topological polar surface area (TPSA) is 37.4 Å². The quantitative estimate of drug-likeness (QED) is 0.832. The maximum atomic E-state index is 13.1. The number of rotatable bonds is 5. The van der Waals surface area contributed by atoms with E-state index < -0.39 is 9.84 Å². The molecule has 3 nitrogen and oxygen atoms in total. The molecule has 1 aromatic rings. The summed E-state index contributed by atoms with van der Waals surface area (Å²) in [6.07, 6.45) is 1.21. The Kier molecular flexibility index (Phi) is 5.09. The van der Waals surface area contributed by atoms with Crippen molar-refractivity contribution in [2.24, 2.45) is 0 Å². The molecule has 0 spiro atoms. The van der Waals surface area contributed by atoms with Crippen molar-refractivity contribution in [1.29, 1.82) is 0 Å². The van der Waals surface area contributed by atoms with Gasteiger partial charge in [0, 0.05) is 23.8 Å². The van der Waals surface area contributed by atoms with Crippen LogP contribution in [-0.2, 0) is 16.4 Å². The Bertz CT molecular complexity index is 470. The molecule has 96 valence electrons. The van der Waals surface area contributed by atoms with Crippen molar-refractivity contribution >= 4 is 25.8 Å². The van der Waals surface area contributed by atoms with Crippen molar-refractivity contribution in [2.75, 3.05) is 25.6 Å². The van der Waals surface area contributed by atoms with Crippen LogP contribution in [-0.4, -0.2) is 38.9 Å². The Morgan fingerprint density at radius 2 is 2.00 bits per heavy atom. The number of halogens is 2. The summed E-state index contributed by atoms with van der Waals surface area (Å²) < 4.78 is 35.8. The van der Waals surface area contributed by atoms with Crippen molar-refractivity contribution < 1.29 is 12.8 Å². The van der Waals surface area contributed by atoms with Crippen molar-refractivity contribution in [1.82, 2.24) is 4.90 Å². The molecule has 1 rings (SSSR count). The predicted octanol–water partition coefficient (Wildman–Crippen LogP) is 2.06. The van der Waals surface area contributed by atoms with Gasteiger partial charge in [-0.3, -0.25) is 0 Å². The minimum atomic E-state index is -2.95. The van der Waals surface area contributed by atoms with E-state index in [4.69, 9.17) is 0 Å². The Morgan fingerprint density at radius 1 is 1.35 bits per heavy atom. The summed E-state index contributed by atoms with van der Waals surface area (Å²) in [5.74, 6) is -0.189. The number of nitrogens with zero attached hydrogens (tertiary/aromatic N) is 1. The van der Waals surface area contributed by atoms with Crippen molar-refractivity contribution in [2.45, 2.75) is 6.54 Å². The molecule has 0 bridgehead atoms. The first kappa shape index (κ1) is 14.6. The lowest BCUT2D eigenvalue weighted by Gasteiger charge is -2.16. The average molecular weight is 324 g/mol. The van der Waals surface area contributed by atoms with Gasteiger partial charge in [0.05, 0.1) is 5.75 Å². The third-order valence-corrected chi connectivity index (χ3v) is 3.60. The van der Waals surface area contributed by atoms with Crippen LogP contribution < -0.4 is 0 Å². The van der Waals surface area contributed by atoms with E-state index in [1.165, 1.54) is 18.4 Å². The summed E-state index contributed by atoms with van der Waals surface area (Å²) >= 11 is 3.22. The molecule has 0 N–H and O–H groups in total. The molecule has 0 amide bonds. The first-order valence-electron chi connectivity index (χ1n) is 5.07. The normalized spacial score (nSPS) is 12.1. The molecule has 17 heavy (non-hydrogen) atoms. The highest BCUT2D eigenvalue weighted by Gasteiger charge is 2.07. The highest BCUT2D eigenvalue weighted by atomic mass is 79.9. The van der Waals surface area contributed by atoms with Crippen LogP contribution in [0.1, 0.15) is 5.56 Å². The van der Waals surface area contributed by atoms with Gasteiger partial charge in [-0.05, 0) is 30.8 Å². The maximum absolute atomic E-state index is 13.1. The highest BCUT2D eigenvalue weighted by Crippen LogP contribution is 2.15. The van der Waals surface area contributed by atoms with Gasteiger partial charge in [0.2, 0.25) is 0 Å². The standard InChI is InChI=1S/C11H15BrFNO2S/c1-14(3-4-17(2,15)16)8-9-5-10(12)7-11(13)6-9/h5-7H,3-4,8H2,1-2H3. The zero-order valence-electron chi connectivity index (χ0n) is 9.78. The Labute approximate surface area is 110 Å². The number of benzene rings is 1. The molecule has 0 aromatic heterocycles. The van der Waals surface area contributed by atoms with E-state index >= 15 is 0 Å². The van der Waals surface area contributed by atoms with Crippen LogP contribution in [0.15, 0.2) is 22.7 Å². The molecule has 0 saturated heterocycles. The fourth-order valence-corrected chi connectivity index (χ4v) is 2.57. The SMILES string of the molecule is CN(CCS(C)(=O)=O)Cc1cc(F)cc(Br)c1. The van der Waals surface area contributed by atoms with E-state index in [-0.39, 0.29) is 11.6 Å². The summed E-state index contributed by atoms with van der Waals surface area (Å²) in [5.41, 5.74) is 0.813. The molecule has 0 unspecified atom stereocenters. The van der Waals surface area contributed by atoms with Crippen molar-refractivity contribution in [3.05, 3.63) is 34.1 Å². The van der Waals surface area contributed by atoms with Crippen LogP contribution in [0, 0.1) is 5.82 Å². The zero-order chi connectivity index (χ0) is 13.1. The molecule has 0 fully saturated rings. The fourth-order valence-electron chi connectivity index (χ4n) is 1.41. The van der Waals surface area contributed by atoms with E-state index in [0.717, 1.165) is 5.56 Å². The minimum absolute atomic E-state index is 0.111. The average Bonchev–Trinajstić information content (AvgIpc) is 2.11. The lowest BCUT2D eigenvalue weighted by Crippen LogP contribution is -2.24. The van der Waals surface area contributed by atoms with Crippen LogP contribution in [0.2, 0.25) is 0 Å². The lowest BCUT2D eigenvalue weighted by atomic mass is 10.2. The summed E-state index contributed by atoms with van der Waals surface area (Å²) in [6, 6.07) is 4.65. The molecule has 6 heteroatoms. The summed E-state index contributed by atoms with van der Waals surface area (Å²) in [7, 11) is -1.14. The van der Waals surface area contributed by atoms with Gasteiger partial charge in [-0.1, -0.05) is 15.9 Å². The zero-order valence-corrected chi connectivity index (χ0v) is 12.2. The summed E-state index contributed by atoms with van der Waals surface area (Å²) in [4.78, 5) is 1.85. The number of hydrogen-bond donors (Lipinski definition) is 0. The van der Waals surface area contributed by atoms with Gasteiger partial charge in [-0.15, -0.1) is 0 Å². The third-order valence-electron chi connectivity index (χ3n) is 2.22. The Morgan fingerprint density at radius 3 is 2.53 bits per heavy atom. The van der Waals surface area contributed by atoms with Crippen molar-refractivity contribution in [3.63, 3.8) is 0 Å². The smallest absolute Gasteiger partial charge is 0.148 e. The van der Waals surface area contributed by atoms with E-state index in [9.17, 15) is 12.8 Å². The third kappa shape index (κ3) is 6.14. The second-order valence-corrected chi connectivity index (χ2v) is 7.32. The van der Waals surface area contributed by atoms with E-state index in [1.54, 1.807) is 0 Å². The van der Waals surface area contributed by atoms with Crippen LogP contribution >= 0.6 is 15.9 Å². The lowest BCUT2D eigenvalue weighted by molar-refractivity contribution is 0.345. The number of hydrogen-bond acceptors (Lipinski definition) is 3. The van der Waals surface area contributed by atoms with E-state index in [2.05, 4.69) is 15.9 Å².